The summed E-state index contributed by atoms with van der Waals surface area (Å²) in [6, 6.07) is 15.3. The van der Waals surface area contributed by atoms with Crippen molar-refractivity contribution >= 4 is 45.6 Å². The normalized spacial score (nSPS) is 18.7. The molecule has 1 aliphatic rings. The molecule has 1 aromatic heterocycles. The highest BCUT2D eigenvalue weighted by Gasteiger charge is 2.32. The highest BCUT2D eigenvalue weighted by molar-refractivity contribution is 6.33. The molecule has 0 radical (unpaired) electrons. The van der Waals surface area contributed by atoms with E-state index in [0.29, 0.717) is 23.8 Å². The molecule has 3 aromatic rings. The number of nitrogens with zero attached hydrogens (tertiary/aromatic N) is 4. The second-order valence-electron chi connectivity index (χ2n) is 8.04. The van der Waals surface area contributed by atoms with Gasteiger partial charge in [-0.25, -0.2) is 9.64 Å². The summed E-state index contributed by atoms with van der Waals surface area (Å²) >= 11 is 6.23. The molecule has 4 rings (SSSR count). The molecule has 31 heavy (non-hydrogen) atoms. The molecule has 0 spiro atoms. The Morgan fingerprint density at radius 2 is 1.94 bits per heavy atom. The van der Waals surface area contributed by atoms with E-state index in [9.17, 15) is 4.79 Å². The second kappa shape index (κ2) is 8.44. The zero-order valence-electron chi connectivity index (χ0n) is 17.8. The van der Waals surface area contributed by atoms with Gasteiger partial charge in [-0.05, 0) is 57.2 Å². The zero-order chi connectivity index (χ0) is 22.1. The molecule has 2 amide bonds. The first-order valence-corrected chi connectivity index (χ1v) is 10.6. The molecule has 7 heteroatoms. The van der Waals surface area contributed by atoms with Gasteiger partial charge in [-0.15, -0.1) is 0 Å². The second-order valence-corrected chi connectivity index (χ2v) is 8.45. The molecule has 0 unspecified atom stereocenters. The van der Waals surface area contributed by atoms with Gasteiger partial charge in [0.25, 0.3) is 0 Å². The van der Waals surface area contributed by atoms with Gasteiger partial charge in [0, 0.05) is 52.7 Å². The summed E-state index contributed by atoms with van der Waals surface area (Å²) in [5.41, 5.74) is 4.05. The van der Waals surface area contributed by atoms with E-state index in [-0.39, 0.29) is 18.1 Å². The van der Waals surface area contributed by atoms with Crippen molar-refractivity contribution in [1.82, 2.24) is 9.88 Å². The van der Waals surface area contributed by atoms with E-state index in [1.54, 1.807) is 6.07 Å². The van der Waals surface area contributed by atoms with Crippen molar-refractivity contribution in [3.05, 3.63) is 70.7 Å². The number of aromatic nitrogens is 1. The maximum Gasteiger partial charge on any atom is 0.322 e. The highest BCUT2D eigenvalue weighted by Crippen LogP contribution is 2.32. The van der Waals surface area contributed by atoms with Crippen LogP contribution < -0.4 is 10.2 Å². The summed E-state index contributed by atoms with van der Waals surface area (Å²) in [6.45, 7) is 14.5. The smallest absolute Gasteiger partial charge is 0.322 e. The fraction of sp³-hybridized carbons (Fsp3) is 0.292. The van der Waals surface area contributed by atoms with Crippen molar-refractivity contribution in [3.8, 4) is 0 Å². The third-order valence-corrected chi connectivity index (χ3v) is 6.01. The summed E-state index contributed by atoms with van der Waals surface area (Å²) in [5.74, 6) is 0. The number of urea groups is 1. The van der Waals surface area contributed by atoms with Crippen molar-refractivity contribution in [2.45, 2.75) is 32.9 Å². The Bertz CT molecular complexity index is 1190. The molecule has 2 aromatic carbocycles. The largest absolute Gasteiger partial charge is 0.365 e. The van der Waals surface area contributed by atoms with E-state index in [1.165, 1.54) is 0 Å². The minimum atomic E-state index is -0.111. The predicted octanol–water partition coefficient (Wildman–Crippen LogP) is 5.88. The van der Waals surface area contributed by atoms with Crippen LogP contribution >= 0.6 is 11.6 Å². The number of nitrogens with one attached hydrogen (secondary N) is 1. The Kier molecular flexibility index (Phi) is 5.71. The molecule has 1 aliphatic heterocycles. The molecule has 0 saturated carbocycles. The number of carbonyl (C=O) groups excluding carboxylic acids is 1. The minimum absolute atomic E-state index is 0.0142. The fourth-order valence-corrected chi connectivity index (χ4v) is 4.25. The van der Waals surface area contributed by atoms with Crippen LogP contribution in [-0.2, 0) is 0 Å². The van der Waals surface area contributed by atoms with Crippen molar-refractivity contribution in [3.63, 3.8) is 0 Å². The number of benzene rings is 2. The Labute approximate surface area is 187 Å². The first-order chi connectivity index (χ1) is 14.9. The lowest BCUT2D eigenvalue weighted by Gasteiger charge is -2.45. The van der Waals surface area contributed by atoms with Gasteiger partial charge in [0.2, 0.25) is 5.69 Å². The number of anilines is 2. The number of halogens is 1. The van der Waals surface area contributed by atoms with Gasteiger partial charge >= 0.3 is 6.03 Å². The molecule has 1 saturated heterocycles. The van der Waals surface area contributed by atoms with Gasteiger partial charge in [0.15, 0.2) is 0 Å². The molecule has 2 atom stereocenters. The number of fused-ring (bicyclic) bond motifs is 1. The molecular formula is C24H24ClN5O. The summed E-state index contributed by atoms with van der Waals surface area (Å²) in [5, 5.41) is 4.48. The third-order valence-electron chi connectivity index (χ3n) is 5.71. The van der Waals surface area contributed by atoms with E-state index in [0.717, 1.165) is 28.0 Å². The number of rotatable bonds is 2. The van der Waals surface area contributed by atoms with Crippen LogP contribution in [0.15, 0.2) is 48.5 Å². The Morgan fingerprint density at radius 1 is 1.13 bits per heavy atom. The Morgan fingerprint density at radius 3 is 2.68 bits per heavy atom. The van der Waals surface area contributed by atoms with Crippen molar-refractivity contribution < 1.29 is 4.79 Å². The number of piperazine rings is 1. The average molecular weight is 434 g/mol. The first kappa shape index (κ1) is 21.0. The van der Waals surface area contributed by atoms with Crippen LogP contribution in [0.5, 0.6) is 0 Å². The SMILES string of the molecule is [C-]#[N+]c1ccc(N2C[C@@H](C)N(C(=O)Nc3ccc4nc(C)ccc4c3)C[C@@H]2C)cc1Cl. The molecule has 1 fully saturated rings. The van der Waals surface area contributed by atoms with E-state index < -0.39 is 0 Å². The summed E-state index contributed by atoms with van der Waals surface area (Å²) < 4.78 is 0. The van der Waals surface area contributed by atoms with Crippen LogP contribution in [0, 0.1) is 13.5 Å². The fourth-order valence-electron chi connectivity index (χ4n) is 4.03. The lowest BCUT2D eigenvalue weighted by Crippen LogP contribution is -2.59. The van der Waals surface area contributed by atoms with Gasteiger partial charge in [-0.3, -0.25) is 4.98 Å². The first-order valence-electron chi connectivity index (χ1n) is 10.2. The molecule has 0 bridgehead atoms. The molecule has 6 nitrogen and oxygen atoms in total. The van der Waals surface area contributed by atoms with E-state index in [1.807, 2.05) is 61.2 Å². The number of amides is 2. The summed E-state index contributed by atoms with van der Waals surface area (Å²) in [6.07, 6.45) is 0. The van der Waals surface area contributed by atoms with Gasteiger partial charge < -0.3 is 15.1 Å². The van der Waals surface area contributed by atoms with E-state index >= 15 is 0 Å². The molecular weight excluding hydrogens is 410 g/mol. The quantitative estimate of drug-likeness (QED) is 0.513. The van der Waals surface area contributed by atoms with Gasteiger partial charge in [-0.2, -0.15) is 0 Å². The van der Waals surface area contributed by atoms with Crippen molar-refractivity contribution in [2.24, 2.45) is 0 Å². The van der Waals surface area contributed by atoms with E-state index in [2.05, 4.69) is 27.0 Å². The molecule has 158 valence electrons. The number of pyridine rings is 1. The summed E-state index contributed by atoms with van der Waals surface area (Å²) in [4.78, 5) is 25.1. The average Bonchev–Trinajstić information content (AvgIpc) is 2.75. The number of hydrogen-bond acceptors (Lipinski definition) is 3. The maximum atomic E-state index is 13.0. The van der Waals surface area contributed by atoms with Crippen LogP contribution in [0.2, 0.25) is 5.02 Å². The van der Waals surface area contributed by atoms with Crippen LogP contribution in [0.25, 0.3) is 15.7 Å². The third kappa shape index (κ3) is 4.28. The standard InChI is InChI=1S/C24H24ClN5O/c1-15-5-6-18-11-19(7-9-22(18)27-15)28-24(31)30-14-16(2)29(13-17(30)3)20-8-10-23(26-4)21(25)12-20/h5-12,16-17H,13-14H2,1-3H3,(H,28,31)/t16-,17+/m0/s1. The minimum Gasteiger partial charge on any atom is -0.365 e. The van der Waals surface area contributed by atoms with Crippen LogP contribution in [0.3, 0.4) is 0 Å². The molecule has 1 N–H and O–H groups in total. The zero-order valence-corrected chi connectivity index (χ0v) is 18.5. The topological polar surface area (TPSA) is 52.8 Å². The van der Waals surface area contributed by atoms with Crippen LogP contribution in [-0.4, -0.2) is 41.1 Å². The van der Waals surface area contributed by atoms with Crippen molar-refractivity contribution in [1.29, 1.82) is 0 Å². The molecule has 0 aliphatic carbocycles. The lowest BCUT2D eigenvalue weighted by molar-refractivity contribution is 0.173. The molecule has 2 heterocycles. The Balaban J connectivity index is 1.47. The number of aryl methyl sites for hydroxylation is 1. The van der Waals surface area contributed by atoms with Gasteiger partial charge in [0.1, 0.15) is 0 Å². The highest BCUT2D eigenvalue weighted by atomic mass is 35.5. The monoisotopic (exact) mass is 433 g/mol. The Hall–Kier alpha value is -3.30. The number of hydrogen-bond donors (Lipinski definition) is 1. The van der Waals surface area contributed by atoms with Gasteiger partial charge in [0.05, 0.1) is 12.1 Å². The van der Waals surface area contributed by atoms with Crippen LogP contribution in [0.1, 0.15) is 19.5 Å². The summed E-state index contributed by atoms with van der Waals surface area (Å²) in [7, 11) is 0. The van der Waals surface area contributed by atoms with Crippen LogP contribution in [0.4, 0.5) is 21.9 Å². The lowest BCUT2D eigenvalue weighted by atomic mass is 10.1. The maximum absolute atomic E-state index is 13.0. The predicted molar refractivity (Wildman–Crippen MR) is 126 cm³/mol. The van der Waals surface area contributed by atoms with E-state index in [4.69, 9.17) is 18.2 Å². The number of carbonyl (C=O) groups is 1. The van der Waals surface area contributed by atoms with Gasteiger partial charge in [-0.1, -0.05) is 23.7 Å². The van der Waals surface area contributed by atoms with Crippen molar-refractivity contribution in [2.75, 3.05) is 23.3 Å².